The average molecular weight is 504 g/mol. The highest BCUT2D eigenvalue weighted by Gasteiger charge is 2.49. The van der Waals surface area contributed by atoms with Crippen molar-refractivity contribution in [2.45, 2.75) is 31.3 Å². The number of fused-ring (bicyclic) bond motifs is 2. The molecule has 4 atom stereocenters. The molecule has 4 unspecified atom stereocenters. The van der Waals surface area contributed by atoms with E-state index in [1.165, 1.54) is 6.92 Å². The summed E-state index contributed by atoms with van der Waals surface area (Å²) in [5.41, 5.74) is 2.57. The summed E-state index contributed by atoms with van der Waals surface area (Å²) in [5.74, 6) is 1.73. The van der Waals surface area contributed by atoms with E-state index in [0.29, 0.717) is 35.3 Å². The molecule has 0 spiro atoms. The van der Waals surface area contributed by atoms with Crippen LogP contribution in [0, 0.1) is 0 Å². The Bertz CT molecular complexity index is 1350. The van der Waals surface area contributed by atoms with Gasteiger partial charge in [0, 0.05) is 23.0 Å². The second kappa shape index (κ2) is 9.68. The number of aromatic nitrogens is 2. The Labute approximate surface area is 212 Å². The van der Waals surface area contributed by atoms with Gasteiger partial charge in [-0.05, 0) is 43.3 Å². The van der Waals surface area contributed by atoms with Crippen molar-refractivity contribution in [3.8, 4) is 22.8 Å². The third-order valence-electron chi connectivity index (χ3n) is 6.42. The van der Waals surface area contributed by atoms with Crippen molar-refractivity contribution in [2.24, 2.45) is 0 Å². The van der Waals surface area contributed by atoms with Crippen molar-refractivity contribution in [2.75, 3.05) is 30.6 Å². The first-order valence-electron chi connectivity index (χ1n) is 11.8. The zero-order valence-electron chi connectivity index (χ0n) is 19.9. The second-order valence-electron chi connectivity index (χ2n) is 8.89. The van der Waals surface area contributed by atoms with E-state index in [9.17, 15) is 9.59 Å². The van der Waals surface area contributed by atoms with E-state index < -0.39 is 18.3 Å². The SMILES string of the molecule is CC(=O)c1cccc(NC(=O)OC2COC3C(Nc4nccc(-c5ccc6c(c5)OCO6)n4)COC23)c1. The van der Waals surface area contributed by atoms with Crippen molar-refractivity contribution in [1.29, 1.82) is 0 Å². The Kier molecular flexibility index (Phi) is 6.07. The molecule has 2 fully saturated rings. The van der Waals surface area contributed by atoms with Gasteiger partial charge in [0.2, 0.25) is 12.7 Å². The van der Waals surface area contributed by atoms with E-state index in [2.05, 4.69) is 20.6 Å². The molecule has 11 heteroatoms. The number of hydrogen-bond acceptors (Lipinski definition) is 10. The number of amides is 1. The fourth-order valence-corrected chi connectivity index (χ4v) is 4.60. The smallest absolute Gasteiger partial charge is 0.412 e. The number of nitrogens with zero attached hydrogens (tertiary/aromatic N) is 2. The molecule has 0 saturated carbocycles. The summed E-state index contributed by atoms with van der Waals surface area (Å²) in [6.45, 7) is 2.22. The van der Waals surface area contributed by atoms with Gasteiger partial charge in [0.25, 0.3) is 0 Å². The molecule has 4 heterocycles. The molecule has 190 valence electrons. The van der Waals surface area contributed by atoms with E-state index in [0.717, 1.165) is 11.3 Å². The third kappa shape index (κ3) is 4.78. The quantitative estimate of drug-likeness (QED) is 0.482. The Morgan fingerprint density at radius 2 is 1.86 bits per heavy atom. The van der Waals surface area contributed by atoms with Crippen molar-refractivity contribution in [3.63, 3.8) is 0 Å². The number of nitrogens with one attached hydrogen (secondary N) is 2. The zero-order chi connectivity index (χ0) is 25.4. The van der Waals surface area contributed by atoms with Crippen molar-refractivity contribution >= 4 is 23.5 Å². The Hall–Kier alpha value is -4.22. The van der Waals surface area contributed by atoms with Crippen molar-refractivity contribution < 1.29 is 33.3 Å². The number of carbonyl (C=O) groups is 2. The monoisotopic (exact) mass is 504 g/mol. The molecule has 0 aliphatic carbocycles. The maximum Gasteiger partial charge on any atom is 0.412 e. The normalized spacial score (nSPS) is 23.4. The van der Waals surface area contributed by atoms with E-state index in [1.807, 2.05) is 24.3 Å². The van der Waals surface area contributed by atoms with E-state index in [1.54, 1.807) is 30.5 Å². The highest BCUT2D eigenvalue weighted by atomic mass is 16.7. The van der Waals surface area contributed by atoms with Gasteiger partial charge in [-0.1, -0.05) is 12.1 Å². The maximum atomic E-state index is 12.5. The summed E-state index contributed by atoms with van der Waals surface area (Å²) < 4.78 is 28.2. The molecule has 1 amide bonds. The first-order chi connectivity index (χ1) is 18.0. The summed E-state index contributed by atoms with van der Waals surface area (Å²) in [5, 5.41) is 5.94. The minimum atomic E-state index is -0.644. The molecule has 0 radical (unpaired) electrons. The lowest BCUT2D eigenvalue weighted by Crippen LogP contribution is -2.38. The van der Waals surface area contributed by atoms with Crippen LogP contribution in [0.3, 0.4) is 0 Å². The molecule has 2 N–H and O–H groups in total. The fraction of sp³-hybridized carbons (Fsp3) is 0.308. The standard InChI is InChI=1S/C26H24N4O7/c1-14(31)15-3-2-4-17(9-15)28-26(32)37-22-12-34-23-19(11-33-24(22)23)30-25-27-8-7-18(29-25)16-5-6-20-21(10-16)36-13-35-20/h2-10,19,22-24H,11-13H2,1H3,(H,28,32)(H,27,29,30). The van der Waals surface area contributed by atoms with Crippen molar-refractivity contribution in [1.82, 2.24) is 9.97 Å². The first-order valence-corrected chi connectivity index (χ1v) is 11.8. The maximum absolute atomic E-state index is 12.5. The largest absolute Gasteiger partial charge is 0.454 e. The molecule has 6 rings (SSSR count). The van der Waals surface area contributed by atoms with Gasteiger partial charge in [-0.2, -0.15) is 0 Å². The predicted octanol–water partition coefficient (Wildman–Crippen LogP) is 3.27. The first kappa shape index (κ1) is 23.2. The number of anilines is 2. The number of carbonyl (C=O) groups excluding carboxylic acids is 2. The number of Topliss-reactive ketones (excluding diaryl/α,β-unsaturated/α-hetero) is 1. The lowest BCUT2D eigenvalue weighted by Gasteiger charge is -2.18. The van der Waals surface area contributed by atoms with Gasteiger partial charge >= 0.3 is 6.09 Å². The third-order valence-corrected chi connectivity index (χ3v) is 6.42. The fourth-order valence-electron chi connectivity index (χ4n) is 4.60. The summed E-state index contributed by atoms with van der Waals surface area (Å²) in [7, 11) is 0. The van der Waals surface area contributed by atoms with E-state index in [-0.39, 0.29) is 31.3 Å². The van der Waals surface area contributed by atoms with Crippen LogP contribution < -0.4 is 20.1 Å². The topological polar surface area (TPSA) is 130 Å². The molecule has 37 heavy (non-hydrogen) atoms. The molecular formula is C26H24N4O7. The summed E-state index contributed by atoms with van der Waals surface area (Å²) in [6.07, 6.45) is -0.307. The van der Waals surface area contributed by atoms with Crippen LogP contribution >= 0.6 is 0 Å². The van der Waals surface area contributed by atoms with Crippen LogP contribution in [0.2, 0.25) is 0 Å². The minimum absolute atomic E-state index is 0.0904. The summed E-state index contributed by atoms with van der Waals surface area (Å²) in [4.78, 5) is 33.0. The van der Waals surface area contributed by atoms with Gasteiger partial charge in [0.15, 0.2) is 23.4 Å². The van der Waals surface area contributed by atoms with E-state index in [4.69, 9.17) is 23.7 Å². The van der Waals surface area contributed by atoms with Crippen LogP contribution in [-0.4, -0.2) is 66.2 Å². The Morgan fingerprint density at radius 1 is 1.00 bits per heavy atom. The molecule has 1 aromatic heterocycles. The van der Waals surface area contributed by atoms with Crippen LogP contribution in [-0.2, 0) is 14.2 Å². The lowest BCUT2D eigenvalue weighted by atomic mass is 10.1. The second-order valence-corrected chi connectivity index (χ2v) is 8.89. The summed E-state index contributed by atoms with van der Waals surface area (Å²) >= 11 is 0. The number of ketones is 1. The lowest BCUT2D eigenvalue weighted by molar-refractivity contribution is 0.00916. The highest BCUT2D eigenvalue weighted by molar-refractivity contribution is 5.96. The molecule has 3 aromatic rings. The number of hydrogen-bond donors (Lipinski definition) is 2. The van der Waals surface area contributed by atoms with Gasteiger partial charge in [-0.3, -0.25) is 10.1 Å². The number of rotatable bonds is 6. The van der Waals surface area contributed by atoms with Crippen LogP contribution in [0.5, 0.6) is 11.5 Å². The van der Waals surface area contributed by atoms with Gasteiger partial charge in [-0.15, -0.1) is 0 Å². The molecular weight excluding hydrogens is 480 g/mol. The highest BCUT2D eigenvalue weighted by Crippen LogP contribution is 2.36. The number of ether oxygens (including phenoxy) is 5. The molecule has 3 aliphatic rings. The molecule has 2 saturated heterocycles. The number of benzene rings is 2. The zero-order valence-corrected chi connectivity index (χ0v) is 19.9. The minimum Gasteiger partial charge on any atom is -0.454 e. The molecule has 11 nitrogen and oxygen atoms in total. The predicted molar refractivity (Wildman–Crippen MR) is 131 cm³/mol. The van der Waals surface area contributed by atoms with Gasteiger partial charge in [0.1, 0.15) is 12.2 Å². The van der Waals surface area contributed by atoms with Crippen LogP contribution in [0.15, 0.2) is 54.7 Å². The van der Waals surface area contributed by atoms with Gasteiger partial charge < -0.3 is 29.0 Å². The molecule has 3 aliphatic heterocycles. The average Bonchev–Trinajstić information content (AvgIpc) is 3.62. The van der Waals surface area contributed by atoms with E-state index >= 15 is 0 Å². The molecule has 0 bridgehead atoms. The van der Waals surface area contributed by atoms with Crippen LogP contribution in [0.4, 0.5) is 16.4 Å². The van der Waals surface area contributed by atoms with Gasteiger partial charge in [-0.25, -0.2) is 14.8 Å². The Balaban J connectivity index is 1.07. The van der Waals surface area contributed by atoms with Crippen LogP contribution in [0.1, 0.15) is 17.3 Å². The molecule has 2 aromatic carbocycles. The van der Waals surface area contributed by atoms with Crippen molar-refractivity contribution in [3.05, 3.63) is 60.3 Å². The van der Waals surface area contributed by atoms with Crippen LogP contribution in [0.25, 0.3) is 11.3 Å². The summed E-state index contributed by atoms with van der Waals surface area (Å²) in [6, 6.07) is 13.9. The van der Waals surface area contributed by atoms with Gasteiger partial charge in [0.05, 0.1) is 24.9 Å². The Morgan fingerprint density at radius 3 is 2.76 bits per heavy atom.